The average Bonchev–Trinajstić information content (AvgIpc) is 2.13. The SMILES string of the molecule is O=C(C=CCl)OCCOC(=O)C=CCl. The highest BCUT2D eigenvalue weighted by atomic mass is 35.5. The summed E-state index contributed by atoms with van der Waals surface area (Å²) in [6, 6.07) is 0. The van der Waals surface area contributed by atoms with Gasteiger partial charge >= 0.3 is 11.9 Å². The maximum Gasteiger partial charge on any atom is 0.331 e. The summed E-state index contributed by atoms with van der Waals surface area (Å²) in [6.45, 7) is -0.0517. The monoisotopic (exact) mass is 238 g/mol. The van der Waals surface area contributed by atoms with Crippen molar-refractivity contribution in [1.29, 1.82) is 0 Å². The maximum absolute atomic E-state index is 10.6. The molecular weight excluding hydrogens is 231 g/mol. The van der Waals surface area contributed by atoms with Crippen LogP contribution in [0.25, 0.3) is 0 Å². The lowest BCUT2D eigenvalue weighted by Gasteiger charge is -2.01. The topological polar surface area (TPSA) is 52.6 Å². The summed E-state index contributed by atoms with van der Waals surface area (Å²) < 4.78 is 9.13. The van der Waals surface area contributed by atoms with E-state index < -0.39 is 11.9 Å². The fraction of sp³-hybridized carbons (Fsp3) is 0.250. The Balaban J connectivity index is 3.47. The molecule has 14 heavy (non-hydrogen) atoms. The quantitative estimate of drug-likeness (QED) is 0.415. The molecule has 0 saturated carbocycles. The van der Waals surface area contributed by atoms with E-state index in [-0.39, 0.29) is 13.2 Å². The zero-order valence-corrected chi connectivity index (χ0v) is 8.62. The summed E-state index contributed by atoms with van der Waals surface area (Å²) in [5.74, 6) is -1.19. The van der Waals surface area contributed by atoms with Crippen LogP contribution in [0, 0.1) is 0 Å². The van der Waals surface area contributed by atoms with Gasteiger partial charge in [-0.25, -0.2) is 9.59 Å². The van der Waals surface area contributed by atoms with Gasteiger partial charge in [0.25, 0.3) is 0 Å². The van der Waals surface area contributed by atoms with Crippen molar-refractivity contribution in [1.82, 2.24) is 0 Å². The largest absolute Gasteiger partial charge is 0.459 e. The van der Waals surface area contributed by atoms with Crippen LogP contribution in [-0.2, 0) is 19.1 Å². The Hall–Kier alpha value is -1.00. The molecule has 0 aliphatic heterocycles. The number of ether oxygens (including phenoxy) is 2. The Morgan fingerprint density at radius 1 is 0.929 bits per heavy atom. The Labute approximate surface area is 91.1 Å². The van der Waals surface area contributed by atoms with E-state index in [0.29, 0.717) is 0 Å². The molecule has 0 bridgehead atoms. The number of carbonyl (C=O) groups excluding carboxylic acids is 2. The molecule has 0 aromatic carbocycles. The number of rotatable bonds is 5. The number of halogens is 2. The maximum atomic E-state index is 10.6. The second-order valence-corrected chi connectivity index (χ2v) is 2.42. The number of hydrogen-bond donors (Lipinski definition) is 0. The molecule has 0 atom stereocenters. The second-order valence-electron chi connectivity index (χ2n) is 1.92. The summed E-state index contributed by atoms with van der Waals surface area (Å²) in [4.78, 5) is 21.3. The summed E-state index contributed by atoms with van der Waals surface area (Å²) in [7, 11) is 0. The van der Waals surface area contributed by atoms with E-state index in [4.69, 9.17) is 23.2 Å². The molecule has 0 rings (SSSR count). The first kappa shape index (κ1) is 13.0. The van der Waals surface area contributed by atoms with Crippen LogP contribution in [0.3, 0.4) is 0 Å². The molecule has 0 N–H and O–H groups in total. The first-order valence-corrected chi connectivity index (χ1v) is 4.45. The second kappa shape index (κ2) is 8.59. The van der Waals surface area contributed by atoms with Gasteiger partial charge in [-0.15, -0.1) is 0 Å². The molecule has 78 valence electrons. The lowest BCUT2D eigenvalue weighted by atomic mass is 10.6. The van der Waals surface area contributed by atoms with E-state index in [2.05, 4.69) is 9.47 Å². The van der Waals surface area contributed by atoms with Crippen molar-refractivity contribution >= 4 is 35.1 Å². The first-order chi connectivity index (χ1) is 6.70. The molecule has 0 amide bonds. The molecule has 0 aliphatic carbocycles. The van der Waals surface area contributed by atoms with Crippen LogP contribution < -0.4 is 0 Å². The van der Waals surface area contributed by atoms with E-state index in [0.717, 1.165) is 23.2 Å². The lowest BCUT2D eigenvalue weighted by molar-refractivity contribution is -0.146. The molecule has 0 aliphatic rings. The third kappa shape index (κ3) is 7.64. The summed E-state index contributed by atoms with van der Waals surface area (Å²) in [6.07, 6.45) is 2.09. The molecule has 0 heterocycles. The minimum Gasteiger partial charge on any atom is -0.459 e. The molecule has 6 heteroatoms. The molecule has 0 fully saturated rings. The first-order valence-electron chi connectivity index (χ1n) is 3.57. The Kier molecular flexibility index (Phi) is 7.98. The van der Waals surface area contributed by atoms with Crippen molar-refractivity contribution < 1.29 is 19.1 Å². The van der Waals surface area contributed by atoms with Gasteiger partial charge in [-0.2, -0.15) is 0 Å². The molecule has 0 aromatic heterocycles. The number of carbonyl (C=O) groups is 2. The standard InChI is InChI=1S/C8H8Cl2O4/c9-3-1-7(11)13-5-6-14-8(12)2-4-10/h1-4H,5-6H2. The Morgan fingerprint density at radius 3 is 1.57 bits per heavy atom. The third-order valence-electron chi connectivity index (χ3n) is 0.970. The van der Waals surface area contributed by atoms with Crippen LogP contribution in [0.4, 0.5) is 0 Å². The zero-order valence-electron chi connectivity index (χ0n) is 7.11. The number of hydrogen-bond acceptors (Lipinski definition) is 4. The van der Waals surface area contributed by atoms with Crippen LogP contribution in [0.1, 0.15) is 0 Å². The third-order valence-corrected chi connectivity index (χ3v) is 1.22. The van der Waals surface area contributed by atoms with Crippen molar-refractivity contribution in [2.75, 3.05) is 13.2 Å². The predicted molar refractivity (Wildman–Crippen MR) is 51.9 cm³/mol. The molecular formula is C8H8Cl2O4. The van der Waals surface area contributed by atoms with E-state index in [9.17, 15) is 9.59 Å². The summed E-state index contributed by atoms with van der Waals surface area (Å²) >= 11 is 10.2. The fourth-order valence-electron chi connectivity index (χ4n) is 0.484. The van der Waals surface area contributed by atoms with E-state index in [1.54, 1.807) is 0 Å². The minimum atomic E-state index is -0.594. The Bertz CT molecular complexity index is 222. The molecule has 0 unspecified atom stereocenters. The van der Waals surface area contributed by atoms with Crippen LogP contribution >= 0.6 is 23.2 Å². The fourth-order valence-corrected chi connectivity index (χ4v) is 0.689. The lowest BCUT2D eigenvalue weighted by Crippen LogP contribution is -2.11. The van der Waals surface area contributed by atoms with Gasteiger partial charge in [-0.1, -0.05) is 23.2 Å². The van der Waals surface area contributed by atoms with Crippen molar-refractivity contribution in [3.8, 4) is 0 Å². The van der Waals surface area contributed by atoms with Gasteiger partial charge in [0.15, 0.2) is 0 Å². The zero-order chi connectivity index (χ0) is 10.8. The van der Waals surface area contributed by atoms with Crippen LogP contribution in [0.2, 0.25) is 0 Å². The van der Waals surface area contributed by atoms with E-state index >= 15 is 0 Å². The van der Waals surface area contributed by atoms with Crippen LogP contribution in [-0.4, -0.2) is 25.2 Å². The molecule has 0 saturated heterocycles. The Morgan fingerprint density at radius 2 is 1.29 bits per heavy atom. The molecule has 0 spiro atoms. The minimum absolute atomic E-state index is 0.0259. The number of esters is 2. The van der Waals surface area contributed by atoms with Crippen molar-refractivity contribution in [2.45, 2.75) is 0 Å². The molecule has 0 radical (unpaired) electrons. The van der Waals surface area contributed by atoms with Gasteiger partial charge < -0.3 is 9.47 Å². The van der Waals surface area contributed by atoms with E-state index in [1.807, 2.05) is 0 Å². The normalized spacial score (nSPS) is 10.7. The summed E-state index contributed by atoms with van der Waals surface area (Å²) in [5, 5.41) is 0. The van der Waals surface area contributed by atoms with Crippen LogP contribution in [0.15, 0.2) is 23.2 Å². The molecule has 0 aromatic rings. The van der Waals surface area contributed by atoms with Gasteiger partial charge in [-0.05, 0) is 0 Å². The highest BCUT2D eigenvalue weighted by Crippen LogP contribution is 1.87. The average molecular weight is 239 g/mol. The van der Waals surface area contributed by atoms with Gasteiger partial charge in [0.05, 0.1) is 0 Å². The van der Waals surface area contributed by atoms with Crippen LogP contribution in [0.5, 0.6) is 0 Å². The van der Waals surface area contributed by atoms with Crippen molar-refractivity contribution in [3.05, 3.63) is 23.2 Å². The smallest absolute Gasteiger partial charge is 0.331 e. The summed E-state index contributed by atoms with van der Waals surface area (Å²) in [5.41, 5.74) is 2.06. The predicted octanol–water partition coefficient (Wildman–Crippen LogP) is 1.58. The van der Waals surface area contributed by atoms with Gasteiger partial charge in [0.2, 0.25) is 0 Å². The van der Waals surface area contributed by atoms with Gasteiger partial charge in [0.1, 0.15) is 13.2 Å². The molecule has 4 nitrogen and oxygen atoms in total. The highest BCUT2D eigenvalue weighted by molar-refractivity contribution is 6.26. The van der Waals surface area contributed by atoms with Gasteiger partial charge in [-0.3, -0.25) is 0 Å². The highest BCUT2D eigenvalue weighted by Gasteiger charge is 1.98. The van der Waals surface area contributed by atoms with Crippen molar-refractivity contribution in [2.24, 2.45) is 0 Å². The van der Waals surface area contributed by atoms with E-state index in [1.165, 1.54) is 0 Å². The van der Waals surface area contributed by atoms with Crippen molar-refractivity contribution in [3.63, 3.8) is 0 Å². The van der Waals surface area contributed by atoms with Gasteiger partial charge in [0, 0.05) is 23.2 Å².